The summed E-state index contributed by atoms with van der Waals surface area (Å²) in [6.07, 6.45) is 0. The molecule has 4 nitrogen and oxygen atoms in total. The highest BCUT2D eigenvalue weighted by molar-refractivity contribution is 9.10. The second-order valence-corrected chi connectivity index (χ2v) is 8.25. The van der Waals surface area contributed by atoms with Crippen molar-refractivity contribution in [3.8, 4) is 0 Å². The monoisotopic (exact) mass is 511 g/mol. The van der Waals surface area contributed by atoms with Crippen molar-refractivity contribution in [1.82, 2.24) is 0 Å². The molecule has 3 aromatic carbocycles. The van der Waals surface area contributed by atoms with Crippen LogP contribution in [0.5, 0.6) is 0 Å². The third-order valence-electron chi connectivity index (χ3n) is 4.50. The van der Waals surface area contributed by atoms with Gasteiger partial charge in [-0.05, 0) is 48.5 Å². The molecule has 4 aromatic rings. The van der Waals surface area contributed by atoms with Gasteiger partial charge in [0.1, 0.15) is 5.58 Å². The van der Waals surface area contributed by atoms with E-state index >= 15 is 0 Å². The Kier molecular flexibility index (Phi) is 5.65. The minimum atomic E-state index is -0.243. The van der Waals surface area contributed by atoms with Crippen LogP contribution in [0.15, 0.2) is 86.2 Å². The summed E-state index contributed by atoms with van der Waals surface area (Å²) >= 11 is 6.74. The molecule has 0 saturated carbocycles. The molecule has 0 saturated heterocycles. The van der Waals surface area contributed by atoms with Gasteiger partial charge in [-0.25, -0.2) is 0 Å². The second kappa shape index (κ2) is 8.35. The second-order valence-electron chi connectivity index (χ2n) is 6.42. The van der Waals surface area contributed by atoms with Crippen molar-refractivity contribution in [3.05, 3.63) is 98.6 Å². The van der Waals surface area contributed by atoms with Crippen LogP contribution >= 0.6 is 31.9 Å². The number of benzene rings is 3. The minimum absolute atomic E-state index is 0.0474. The lowest BCUT2D eigenvalue weighted by molar-refractivity contribution is 0.0997. The summed E-state index contributed by atoms with van der Waals surface area (Å²) in [5.41, 5.74) is 2.22. The van der Waals surface area contributed by atoms with Gasteiger partial charge in [0.25, 0.3) is 0 Å². The highest BCUT2D eigenvalue weighted by Crippen LogP contribution is 2.32. The number of hydrogen-bond donors (Lipinski definition) is 1. The molecule has 144 valence electrons. The molecular formula is C23H15Br2NO3. The van der Waals surface area contributed by atoms with Crippen LogP contribution in [0, 0.1) is 0 Å². The van der Waals surface area contributed by atoms with Crippen molar-refractivity contribution in [2.45, 2.75) is 0 Å². The van der Waals surface area contributed by atoms with E-state index < -0.39 is 0 Å². The van der Waals surface area contributed by atoms with Crippen LogP contribution in [-0.4, -0.2) is 18.1 Å². The van der Waals surface area contributed by atoms with E-state index in [0.717, 1.165) is 14.3 Å². The number of halogens is 2. The lowest BCUT2D eigenvalue weighted by atomic mass is 10.1. The van der Waals surface area contributed by atoms with Crippen LogP contribution in [0.1, 0.15) is 26.5 Å². The fraction of sp³-hybridized carbons (Fsp3) is 0.0435. The zero-order valence-electron chi connectivity index (χ0n) is 15.1. The Balaban J connectivity index is 1.66. The number of hydrogen-bond acceptors (Lipinski definition) is 4. The van der Waals surface area contributed by atoms with Crippen molar-refractivity contribution in [3.63, 3.8) is 0 Å². The van der Waals surface area contributed by atoms with Gasteiger partial charge in [0.05, 0.1) is 12.2 Å². The smallest absolute Gasteiger partial charge is 0.230 e. The molecule has 0 radical (unpaired) electrons. The summed E-state index contributed by atoms with van der Waals surface area (Å²) in [6.45, 7) is 0.0474. The van der Waals surface area contributed by atoms with E-state index in [2.05, 4.69) is 37.2 Å². The summed E-state index contributed by atoms with van der Waals surface area (Å²) in [5, 5.41) is 3.89. The van der Waals surface area contributed by atoms with E-state index in [9.17, 15) is 9.59 Å². The molecule has 0 bridgehead atoms. The lowest BCUT2D eigenvalue weighted by Gasteiger charge is -2.07. The van der Waals surface area contributed by atoms with Crippen molar-refractivity contribution in [1.29, 1.82) is 0 Å². The summed E-state index contributed by atoms with van der Waals surface area (Å²) < 4.78 is 7.65. The molecule has 0 fully saturated rings. The SMILES string of the molecule is O=C(CNc1c(C(=O)c2ccc(Br)cc2)oc2ccccc12)c1ccc(Br)cc1. The number of nitrogens with one attached hydrogen (secondary N) is 1. The van der Waals surface area contributed by atoms with E-state index in [1.807, 2.05) is 30.3 Å². The summed E-state index contributed by atoms with van der Waals surface area (Å²) in [7, 11) is 0. The minimum Gasteiger partial charge on any atom is -0.450 e. The Bertz CT molecular complexity index is 1200. The van der Waals surface area contributed by atoms with Gasteiger partial charge in [0, 0.05) is 25.5 Å². The zero-order valence-corrected chi connectivity index (χ0v) is 18.3. The molecule has 0 spiro atoms. The van der Waals surface area contributed by atoms with Crippen molar-refractivity contribution < 1.29 is 14.0 Å². The van der Waals surface area contributed by atoms with Gasteiger partial charge < -0.3 is 9.73 Å². The molecule has 0 amide bonds. The Morgan fingerprint density at radius 2 is 1.38 bits per heavy atom. The van der Waals surface area contributed by atoms with Crippen molar-refractivity contribution in [2.75, 3.05) is 11.9 Å². The van der Waals surface area contributed by atoms with Crippen LogP contribution < -0.4 is 5.32 Å². The molecule has 0 atom stereocenters. The standard InChI is InChI=1S/C23H15Br2NO3/c24-16-9-5-14(6-10-16)19(27)13-26-21-18-3-1-2-4-20(18)29-23(21)22(28)15-7-11-17(25)12-8-15/h1-12,26H,13H2. The predicted molar refractivity (Wildman–Crippen MR) is 121 cm³/mol. The molecule has 6 heteroatoms. The molecule has 1 heterocycles. The van der Waals surface area contributed by atoms with Crippen LogP contribution in [0.2, 0.25) is 0 Å². The fourth-order valence-corrected chi connectivity index (χ4v) is 3.55. The third kappa shape index (κ3) is 4.18. The first-order valence-electron chi connectivity index (χ1n) is 8.87. The first kappa shape index (κ1) is 19.6. The Labute approximate surface area is 184 Å². The van der Waals surface area contributed by atoms with Gasteiger partial charge in [0.2, 0.25) is 5.78 Å². The van der Waals surface area contributed by atoms with Crippen LogP contribution in [0.4, 0.5) is 5.69 Å². The van der Waals surface area contributed by atoms with Crippen LogP contribution in [0.25, 0.3) is 11.0 Å². The lowest BCUT2D eigenvalue weighted by Crippen LogP contribution is -2.15. The number of rotatable bonds is 6. The van der Waals surface area contributed by atoms with Gasteiger partial charge in [-0.15, -0.1) is 0 Å². The van der Waals surface area contributed by atoms with Gasteiger partial charge in [0.15, 0.2) is 11.5 Å². The molecule has 0 aliphatic heterocycles. The first-order chi connectivity index (χ1) is 14.0. The van der Waals surface area contributed by atoms with E-state index in [4.69, 9.17) is 4.42 Å². The third-order valence-corrected chi connectivity index (χ3v) is 5.56. The summed E-state index contributed by atoms with van der Waals surface area (Å²) in [4.78, 5) is 25.6. The molecular weight excluding hydrogens is 498 g/mol. The first-order valence-corrected chi connectivity index (χ1v) is 10.5. The average molecular weight is 513 g/mol. The number of Topliss-reactive ketones (excluding diaryl/α,β-unsaturated/α-hetero) is 1. The number of para-hydroxylation sites is 1. The molecule has 0 aliphatic carbocycles. The Hall–Kier alpha value is -2.70. The van der Waals surface area contributed by atoms with E-state index in [-0.39, 0.29) is 23.9 Å². The van der Waals surface area contributed by atoms with Crippen LogP contribution in [0.3, 0.4) is 0 Å². The van der Waals surface area contributed by atoms with Crippen molar-refractivity contribution >= 4 is 60.1 Å². The number of anilines is 1. The number of furan rings is 1. The number of carbonyl (C=O) groups excluding carboxylic acids is 2. The predicted octanol–water partition coefficient (Wildman–Crippen LogP) is 6.48. The average Bonchev–Trinajstić information content (AvgIpc) is 3.11. The van der Waals surface area contributed by atoms with Gasteiger partial charge in [-0.2, -0.15) is 0 Å². The van der Waals surface area contributed by atoms with Gasteiger partial charge >= 0.3 is 0 Å². The number of fused-ring (bicyclic) bond motifs is 1. The molecule has 1 N–H and O–H groups in total. The maximum absolute atomic E-state index is 13.1. The number of carbonyl (C=O) groups is 2. The zero-order chi connectivity index (χ0) is 20.4. The maximum atomic E-state index is 13.1. The topological polar surface area (TPSA) is 59.3 Å². The quantitative estimate of drug-likeness (QED) is 0.300. The van der Waals surface area contributed by atoms with Gasteiger partial charge in [-0.1, -0.05) is 56.1 Å². The highest BCUT2D eigenvalue weighted by atomic mass is 79.9. The van der Waals surface area contributed by atoms with E-state index in [1.54, 1.807) is 42.5 Å². The summed E-state index contributed by atoms with van der Waals surface area (Å²) in [6, 6.07) is 21.6. The molecule has 29 heavy (non-hydrogen) atoms. The Morgan fingerprint density at radius 1 is 0.793 bits per heavy atom. The van der Waals surface area contributed by atoms with Crippen LogP contribution in [-0.2, 0) is 0 Å². The molecule has 4 rings (SSSR count). The molecule has 0 aliphatic rings. The highest BCUT2D eigenvalue weighted by Gasteiger charge is 2.22. The van der Waals surface area contributed by atoms with E-state index in [0.29, 0.717) is 22.4 Å². The van der Waals surface area contributed by atoms with E-state index in [1.165, 1.54) is 0 Å². The van der Waals surface area contributed by atoms with Crippen molar-refractivity contribution in [2.24, 2.45) is 0 Å². The largest absolute Gasteiger partial charge is 0.450 e. The fourth-order valence-electron chi connectivity index (χ4n) is 3.02. The Morgan fingerprint density at radius 3 is 2.03 bits per heavy atom. The molecule has 1 aromatic heterocycles. The van der Waals surface area contributed by atoms with Gasteiger partial charge in [-0.3, -0.25) is 9.59 Å². The summed E-state index contributed by atoms with van der Waals surface area (Å²) in [5.74, 6) is -0.130. The normalized spacial score (nSPS) is 10.8. The maximum Gasteiger partial charge on any atom is 0.230 e. The molecule has 0 unspecified atom stereocenters. The number of ketones is 2.